The highest BCUT2D eigenvalue weighted by Gasteiger charge is 2.09. The fourth-order valence-corrected chi connectivity index (χ4v) is 2.16. The number of hydrogen-bond acceptors (Lipinski definition) is 3. The molecule has 7 heteroatoms. The number of nitrogens with zero attached hydrogens (tertiary/aromatic N) is 1. The van der Waals surface area contributed by atoms with Gasteiger partial charge in [-0.3, -0.25) is 5.32 Å². The largest absolute Gasteiger partial charge is 0.464 e. The van der Waals surface area contributed by atoms with Crippen LogP contribution in [0.25, 0.3) is 11.0 Å². The van der Waals surface area contributed by atoms with E-state index in [2.05, 4.69) is 20.6 Å². The first-order chi connectivity index (χ1) is 10.1. The summed E-state index contributed by atoms with van der Waals surface area (Å²) in [4.78, 5) is 18.7. The van der Waals surface area contributed by atoms with E-state index in [-0.39, 0.29) is 6.03 Å². The number of carbonyl (C=O) groups excluding carboxylic acids is 1. The van der Waals surface area contributed by atoms with Crippen LogP contribution in [0.15, 0.2) is 35.1 Å². The van der Waals surface area contributed by atoms with Crippen LogP contribution in [0, 0.1) is 6.92 Å². The third-order valence-electron chi connectivity index (χ3n) is 2.99. The van der Waals surface area contributed by atoms with Gasteiger partial charge < -0.3 is 14.7 Å². The zero-order chi connectivity index (χ0) is 14.8. The molecule has 21 heavy (non-hydrogen) atoms. The highest BCUT2D eigenvalue weighted by atomic mass is 35.5. The molecule has 0 atom stereocenters. The molecule has 0 aliphatic heterocycles. The van der Waals surface area contributed by atoms with E-state index in [1.807, 2.05) is 13.0 Å². The van der Waals surface area contributed by atoms with Crippen molar-refractivity contribution < 1.29 is 9.21 Å². The fraction of sp³-hybridized carbons (Fsp3) is 0.143. The molecule has 3 N–H and O–H groups in total. The summed E-state index contributed by atoms with van der Waals surface area (Å²) in [5.41, 5.74) is 2.46. The quantitative estimate of drug-likeness (QED) is 0.693. The number of aromatic amines is 1. The van der Waals surface area contributed by atoms with Crippen LogP contribution in [0.2, 0.25) is 5.02 Å². The van der Waals surface area contributed by atoms with Crippen molar-refractivity contribution in [2.75, 3.05) is 5.32 Å². The number of urea groups is 1. The smallest absolute Gasteiger partial charge is 0.321 e. The molecule has 0 aliphatic rings. The van der Waals surface area contributed by atoms with Crippen molar-refractivity contribution in [2.45, 2.75) is 13.5 Å². The lowest BCUT2D eigenvalue weighted by molar-refractivity contribution is 0.251. The van der Waals surface area contributed by atoms with Crippen molar-refractivity contribution >= 4 is 34.5 Å². The second kappa shape index (κ2) is 5.49. The maximum absolute atomic E-state index is 11.8. The molecular weight excluding hydrogens is 292 g/mol. The summed E-state index contributed by atoms with van der Waals surface area (Å²) < 4.78 is 5.41. The second-order valence-corrected chi connectivity index (χ2v) is 5.06. The third-order valence-corrected chi connectivity index (χ3v) is 3.23. The predicted molar refractivity (Wildman–Crippen MR) is 80.4 cm³/mol. The summed E-state index contributed by atoms with van der Waals surface area (Å²) in [6.07, 6.45) is 3.25. The van der Waals surface area contributed by atoms with Gasteiger partial charge in [-0.05, 0) is 25.1 Å². The number of amides is 2. The Balaban J connectivity index is 1.64. The van der Waals surface area contributed by atoms with E-state index in [1.54, 1.807) is 24.6 Å². The number of nitrogens with one attached hydrogen (secondary N) is 3. The molecule has 1 aromatic carbocycles. The van der Waals surface area contributed by atoms with Crippen LogP contribution in [-0.4, -0.2) is 16.0 Å². The number of H-pyrrole nitrogens is 1. The van der Waals surface area contributed by atoms with Crippen LogP contribution in [-0.2, 0) is 6.54 Å². The van der Waals surface area contributed by atoms with Gasteiger partial charge in [0.1, 0.15) is 5.58 Å². The molecule has 3 rings (SSSR count). The summed E-state index contributed by atoms with van der Waals surface area (Å²) in [7, 11) is 0. The van der Waals surface area contributed by atoms with E-state index in [9.17, 15) is 4.79 Å². The van der Waals surface area contributed by atoms with Crippen LogP contribution in [0.3, 0.4) is 0 Å². The Bertz CT molecular complexity index is 793. The molecule has 0 saturated heterocycles. The molecule has 0 unspecified atom stereocenters. The third kappa shape index (κ3) is 3.00. The maximum Gasteiger partial charge on any atom is 0.321 e. The van der Waals surface area contributed by atoms with Crippen molar-refractivity contribution in [3.63, 3.8) is 0 Å². The lowest BCUT2D eigenvalue weighted by atomic mass is 10.2. The molecule has 0 radical (unpaired) electrons. The highest BCUT2D eigenvalue weighted by molar-refractivity contribution is 6.31. The molecule has 2 aromatic heterocycles. The van der Waals surface area contributed by atoms with E-state index in [1.165, 1.54) is 0 Å². The molecule has 2 amide bonds. The summed E-state index contributed by atoms with van der Waals surface area (Å²) >= 11 is 5.90. The SMILES string of the molecule is Cc1cnc(NC(=O)NCc2coc3cc(Cl)ccc23)[nH]1. The van der Waals surface area contributed by atoms with Crippen LogP contribution < -0.4 is 10.6 Å². The number of aryl methyl sites for hydroxylation is 1. The van der Waals surface area contributed by atoms with Gasteiger partial charge >= 0.3 is 6.03 Å². The molecule has 3 aromatic rings. The van der Waals surface area contributed by atoms with Crippen molar-refractivity contribution in [1.82, 2.24) is 15.3 Å². The molecule has 108 valence electrons. The van der Waals surface area contributed by atoms with Gasteiger partial charge in [-0.15, -0.1) is 0 Å². The van der Waals surface area contributed by atoms with Gasteiger partial charge in [0, 0.05) is 34.4 Å². The number of benzene rings is 1. The number of hydrogen-bond donors (Lipinski definition) is 3. The van der Waals surface area contributed by atoms with E-state index >= 15 is 0 Å². The number of carbonyl (C=O) groups is 1. The standard InChI is InChI=1S/C14H13ClN4O2/c1-8-5-16-13(18-8)19-14(20)17-6-9-7-21-12-4-10(15)2-3-11(9)12/h2-5,7H,6H2,1H3,(H3,16,17,18,19,20). The van der Waals surface area contributed by atoms with Crippen LogP contribution in [0.5, 0.6) is 0 Å². The summed E-state index contributed by atoms with van der Waals surface area (Å²) in [6, 6.07) is 5.06. The zero-order valence-electron chi connectivity index (χ0n) is 11.2. The number of furan rings is 1. The van der Waals surface area contributed by atoms with Crippen molar-refractivity contribution in [3.05, 3.63) is 46.9 Å². The normalized spacial score (nSPS) is 10.8. The van der Waals surface area contributed by atoms with Crippen LogP contribution >= 0.6 is 11.6 Å². The Labute approximate surface area is 125 Å². The first-order valence-corrected chi connectivity index (χ1v) is 6.72. The molecule has 0 fully saturated rings. The van der Waals surface area contributed by atoms with E-state index in [0.29, 0.717) is 23.1 Å². The van der Waals surface area contributed by atoms with E-state index < -0.39 is 0 Å². The lowest BCUT2D eigenvalue weighted by Gasteiger charge is -2.04. The average molecular weight is 305 g/mol. The minimum absolute atomic E-state index is 0.340. The lowest BCUT2D eigenvalue weighted by Crippen LogP contribution is -2.28. The predicted octanol–water partition coefficient (Wildman–Crippen LogP) is 3.44. The van der Waals surface area contributed by atoms with Gasteiger partial charge in [-0.25, -0.2) is 9.78 Å². The van der Waals surface area contributed by atoms with Gasteiger partial charge in [-0.1, -0.05) is 11.6 Å². The molecule has 2 heterocycles. The monoisotopic (exact) mass is 304 g/mol. The molecule has 0 spiro atoms. The fourth-order valence-electron chi connectivity index (χ4n) is 2.00. The molecule has 6 nitrogen and oxygen atoms in total. The molecular formula is C14H13ClN4O2. The first kappa shape index (κ1) is 13.5. The Morgan fingerprint density at radius 1 is 1.48 bits per heavy atom. The van der Waals surface area contributed by atoms with Gasteiger partial charge in [0.2, 0.25) is 5.95 Å². The Morgan fingerprint density at radius 3 is 3.10 bits per heavy atom. The van der Waals surface area contributed by atoms with Crippen LogP contribution in [0.1, 0.15) is 11.3 Å². The Kier molecular flexibility index (Phi) is 3.53. The van der Waals surface area contributed by atoms with Gasteiger partial charge in [0.05, 0.1) is 6.26 Å². The topological polar surface area (TPSA) is 82.9 Å². The van der Waals surface area contributed by atoms with Crippen molar-refractivity contribution in [2.24, 2.45) is 0 Å². The number of imidazole rings is 1. The molecule has 0 bridgehead atoms. The molecule has 0 saturated carbocycles. The number of fused-ring (bicyclic) bond motifs is 1. The first-order valence-electron chi connectivity index (χ1n) is 6.34. The summed E-state index contributed by atoms with van der Waals surface area (Å²) in [6.45, 7) is 2.21. The van der Waals surface area contributed by atoms with Gasteiger partial charge in [0.25, 0.3) is 0 Å². The number of halogens is 1. The summed E-state index contributed by atoms with van der Waals surface area (Å²) in [5.74, 6) is 0.411. The minimum Gasteiger partial charge on any atom is -0.464 e. The van der Waals surface area contributed by atoms with Gasteiger partial charge in [-0.2, -0.15) is 0 Å². The van der Waals surface area contributed by atoms with E-state index in [0.717, 1.165) is 16.6 Å². The second-order valence-electron chi connectivity index (χ2n) is 4.62. The maximum atomic E-state index is 11.8. The average Bonchev–Trinajstić information content (AvgIpc) is 3.02. The Morgan fingerprint density at radius 2 is 2.33 bits per heavy atom. The number of aromatic nitrogens is 2. The number of anilines is 1. The van der Waals surface area contributed by atoms with Crippen molar-refractivity contribution in [1.29, 1.82) is 0 Å². The highest BCUT2D eigenvalue weighted by Crippen LogP contribution is 2.24. The zero-order valence-corrected chi connectivity index (χ0v) is 12.0. The van der Waals surface area contributed by atoms with Crippen LogP contribution in [0.4, 0.5) is 10.7 Å². The Hall–Kier alpha value is -2.47. The van der Waals surface area contributed by atoms with Gasteiger partial charge in [0.15, 0.2) is 0 Å². The minimum atomic E-state index is -0.340. The summed E-state index contributed by atoms with van der Waals surface area (Å²) in [5, 5.41) is 6.90. The molecule has 0 aliphatic carbocycles. The van der Waals surface area contributed by atoms with E-state index in [4.69, 9.17) is 16.0 Å². The number of rotatable bonds is 3. The van der Waals surface area contributed by atoms with Crippen molar-refractivity contribution in [3.8, 4) is 0 Å².